The number of likely N-dealkylation sites (N-methyl/N-ethyl adjacent to an activating group) is 1. The normalized spacial score (nSPS) is 10.7. The minimum atomic E-state index is -0.450. The lowest BCUT2D eigenvalue weighted by atomic mass is 10.2. The van der Waals surface area contributed by atoms with Crippen LogP contribution >= 0.6 is 22.7 Å². The fourth-order valence-electron chi connectivity index (χ4n) is 3.44. The fourth-order valence-corrected chi connectivity index (χ4v) is 5.31. The second-order valence-electron chi connectivity index (χ2n) is 7.80. The third kappa shape index (κ3) is 6.55. The zero-order valence-electron chi connectivity index (χ0n) is 19.6. The molecule has 2 aromatic heterocycles. The monoisotopic (exact) mass is 506 g/mol. The standard InChI is InChI=1S/C27H26N2O4S2/c1-3-32-21-13-11-19(12-14-21)17-29(2)24(30)18-33-25(31)16-23-26(22-10-7-15-34-22)28-27(35-23)20-8-5-4-6-9-20/h4-15H,3,16-18H2,1-2H3. The molecule has 0 saturated carbocycles. The first kappa shape index (κ1) is 24.6. The number of aromatic nitrogens is 1. The Kier molecular flexibility index (Phi) is 8.28. The molecule has 8 heteroatoms. The van der Waals surface area contributed by atoms with Gasteiger partial charge in [-0.2, -0.15) is 0 Å². The van der Waals surface area contributed by atoms with Crippen molar-refractivity contribution in [1.29, 1.82) is 0 Å². The minimum absolute atomic E-state index is 0.0631. The molecule has 0 spiro atoms. The fraction of sp³-hybridized carbons (Fsp3) is 0.222. The Morgan fingerprint density at radius 2 is 1.77 bits per heavy atom. The van der Waals surface area contributed by atoms with E-state index >= 15 is 0 Å². The highest BCUT2D eigenvalue weighted by molar-refractivity contribution is 7.17. The number of carbonyl (C=O) groups is 2. The molecule has 0 aliphatic carbocycles. The molecule has 0 bridgehead atoms. The first-order chi connectivity index (χ1) is 17.0. The lowest BCUT2D eigenvalue weighted by Crippen LogP contribution is -2.31. The molecule has 2 aromatic carbocycles. The molecular formula is C27H26N2O4S2. The Bertz CT molecular complexity index is 1250. The Hall–Kier alpha value is -3.49. The van der Waals surface area contributed by atoms with Gasteiger partial charge in [0.1, 0.15) is 10.8 Å². The topological polar surface area (TPSA) is 68.7 Å². The Morgan fingerprint density at radius 1 is 1.00 bits per heavy atom. The van der Waals surface area contributed by atoms with E-state index in [1.54, 1.807) is 23.3 Å². The molecule has 0 N–H and O–H groups in total. The summed E-state index contributed by atoms with van der Waals surface area (Å²) < 4.78 is 10.8. The van der Waals surface area contributed by atoms with Crippen molar-refractivity contribution >= 4 is 34.6 Å². The lowest BCUT2D eigenvalue weighted by Gasteiger charge is -2.17. The van der Waals surface area contributed by atoms with E-state index in [0.29, 0.717) is 13.2 Å². The van der Waals surface area contributed by atoms with E-state index in [-0.39, 0.29) is 18.9 Å². The summed E-state index contributed by atoms with van der Waals surface area (Å²) in [5.74, 6) is 0.0773. The van der Waals surface area contributed by atoms with Gasteiger partial charge < -0.3 is 14.4 Å². The number of nitrogens with zero attached hydrogens (tertiary/aromatic N) is 2. The second kappa shape index (κ2) is 11.8. The van der Waals surface area contributed by atoms with Crippen LogP contribution < -0.4 is 4.74 Å². The smallest absolute Gasteiger partial charge is 0.311 e. The summed E-state index contributed by atoms with van der Waals surface area (Å²) in [5.41, 5.74) is 2.76. The Labute approximate surface area is 212 Å². The number of rotatable bonds is 10. The van der Waals surface area contributed by atoms with Crippen molar-refractivity contribution in [3.8, 4) is 26.9 Å². The maximum atomic E-state index is 12.6. The van der Waals surface area contributed by atoms with E-state index < -0.39 is 5.97 Å². The summed E-state index contributed by atoms with van der Waals surface area (Å²) in [6.45, 7) is 2.65. The van der Waals surface area contributed by atoms with Crippen LogP contribution in [0.4, 0.5) is 0 Å². The van der Waals surface area contributed by atoms with Crippen molar-refractivity contribution in [3.63, 3.8) is 0 Å². The molecule has 1 amide bonds. The van der Waals surface area contributed by atoms with E-state index in [4.69, 9.17) is 14.5 Å². The maximum Gasteiger partial charge on any atom is 0.311 e. The van der Waals surface area contributed by atoms with Crippen molar-refractivity contribution in [3.05, 3.63) is 82.6 Å². The summed E-state index contributed by atoms with van der Waals surface area (Å²) in [4.78, 5) is 33.3. The summed E-state index contributed by atoms with van der Waals surface area (Å²) in [7, 11) is 1.69. The van der Waals surface area contributed by atoms with Crippen LogP contribution in [0.1, 0.15) is 17.4 Å². The summed E-state index contributed by atoms with van der Waals surface area (Å²) >= 11 is 3.05. The van der Waals surface area contributed by atoms with Gasteiger partial charge in [-0.1, -0.05) is 48.5 Å². The zero-order chi connectivity index (χ0) is 24.6. The van der Waals surface area contributed by atoms with Crippen LogP contribution in [0.3, 0.4) is 0 Å². The third-order valence-corrected chi connectivity index (χ3v) is 7.20. The van der Waals surface area contributed by atoms with Crippen LogP contribution in [-0.4, -0.2) is 42.0 Å². The van der Waals surface area contributed by atoms with Crippen LogP contribution in [0.15, 0.2) is 72.1 Å². The molecule has 0 aliphatic rings. The van der Waals surface area contributed by atoms with Crippen LogP contribution in [-0.2, 0) is 27.3 Å². The zero-order valence-corrected chi connectivity index (χ0v) is 21.2. The molecule has 2 heterocycles. The number of thiophene rings is 1. The number of benzene rings is 2. The molecular weight excluding hydrogens is 480 g/mol. The minimum Gasteiger partial charge on any atom is -0.494 e. The predicted octanol–water partition coefficient (Wildman–Crippen LogP) is 5.68. The predicted molar refractivity (Wildman–Crippen MR) is 140 cm³/mol. The van der Waals surface area contributed by atoms with Gasteiger partial charge in [-0.25, -0.2) is 4.98 Å². The van der Waals surface area contributed by atoms with Gasteiger partial charge >= 0.3 is 5.97 Å². The van der Waals surface area contributed by atoms with Gasteiger partial charge in [-0.05, 0) is 36.1 Å². The summed E-state index contributed by atoms with van der Waals surface area (Å²) in [6.07, 6.45) is 0.0631. The van der Waals surface area contributed by atoms with Gasteiger partial charge in [0.15, 0.2) is 6.61 Å². The molecule has 4 rings (SSSR count). The first-order valence-electron chi connectivity index (χ1n) is 11.2. The molecule has 6 nitrogen and oxygen atoms in total. The van der Waals surface area contributed by atoms with Gasteiger partial charge in [0.25, 0.3) is 5.91 Å². The molecule has 0 unspecified atom stereocenters. The highest BCUT2D eigenvalue weighted by Gasteiger charge is 2.20. The molecule has 0 aliphatic heterocycles. The highest BCUT2D eigenvalue weighted by atomic mass is 32.1. The van der Waals surface area contributed by atoms with Crippen molar-refractivity contribution in [2.24, 2.45) is 0 Å². The molecule has 0 fully saturated rings. The number of carbonyl (C=O) groups excluding carboxylic acids is 2. The van der Waals surface area contributed by atoms with Crippen molar-refractivity contribution < 1.29 is 19.1 Å². The van der Waals surface area contributed by atoms with Crippen LogP contribution in [0.25, 0.3) is 21.1 Å². The molecule has 4 aromatic rings. The number of ether oxygens (including phenoxy) is 2. The van der Waals surface area contributed by atoms with E-state index in [9.17, 15) is 9.59 Å². The second-order valence-corrected chi connectivity index (χ2v) is 9.83. The summed E-state index contributed by atoms with van der Waals surface area (Å²) in [5, 5.41) is 2.83. The van der Waals surface area contributed by atoms with Crippen LogP contribution in [0, 0.1) is 0 Å². The van der Waals surface area contributed by atoms with Gasteiger partial charge in [-0.3, -0.25) is 9.59 Å². The number of esters is 1. The largest absolute Gasteiger partial charge is 0.494 e. The number of amides is 1. The summed E-state index contributed by atoms with van der Waals surface area (Å²) in [6, 6.07) is 21.4. The quantitative estimate of drug-likeness (QED) is 0.259. The van der Waals surface area contributed by atoms with Crippen LogP contribution in [0.2, 0.25) is 0 Å². The average Bonchev–Trinajstić information content (AvgIpc) is 3.55. The lowest BCUT2D eigenvalue weighted by molar-refractivity contribution is -0.151. The maximum absolute atomic E-state index is 12.6. The molecule has 0 saturated heterocycles. The highest BCUT2D eigenvalue weighted by Crippen LogP contribution is 2.36. The molecule has 0 radical (unpaired) electrons. The van der Waals surface area contributed by atoms with Crippen molar-refractivity contribution in [1.82, 2.24) is 9.88 Å². The van der Waals surface area contributed by atoms with Crippen molar-refractivity contribution in [2.45, 2.75) is 19.9 Å². The van der Waals surface area contributed by atoms with Gasteiger partial charge in [0, 0.05) is 24.0 Å². The number of hydrogen-bond donors (Lipinski definition) is 0. The Balaban J connectivity index is 1.36. The molecule has 35 heavy (non-hydrogen) atoms. The van der Waals surface area contributed by atoms with Crippen molar-refractivity contribution in [2.75, 3.05) is 20.3 Å². The van der Waals surface area contributed by atoms with E-state index in [2.05, 4.69) is 0 Å². The van der Waals surface area contributed by atoms with Gasteiger partial charge in [0.05, 0.1) is 23.6 Å². The Morgan fingerprint density at radius 3 is 2.46 bits per heavy atom. The van der Waals surface area contributed by atoms with E-state index in [1.165, 1.54) is 11.3 Å². The van der Waals surface area contributed by atoms with Crippen LogP contribution in [0.5, 0.6) is 5.75 Å². The third-order valence-electron chi connectivity index (χ3n) is 5.21. The number of hydrogen-bond acceptors (Lipinski definition) is 7. The van der Waals surface area contributed by atoms with E-state index in [1.807, 2.05) is 79.0 Å². The van der Waals surface area contributed by atoms with E-state index in [0.717, 1.165) is 37.3 Å². The SMILES string of the molecule is CCOc1ccc(CN(C)C(=O)COC(=O)Cc2sc(-c3ccccc3)nc2-c2cccs2)cc1. The first-order valence-corrected chi connectivity index (χ1v) is 12.9. The molecule has 0 atom stereocenters. The number of thiazole rings is 1. The molecule has 180 valence electrons. The average molecular weight is 507 g/mol. The van der Waals surface area contributed by atoms with Gasteiger partial charge in [0.2, 0.25) is 0 Å². The van der Waals surface area contributed by atoms with Gasteiger partial charge in [-0.15, -0.1) is 22.7 Å².